The number of benzene rings is 2. The summed E-state index contributed by atoms with van der Waals surface area (Å²) in [6.07, 6.45) is 0. The number of amides is 1. The summed E-state index contributed by atoms with van der Waals surface area (Å²) in [4.78, 5) is 13.0. The van der Waals surface area contributed by atoms with Crippen LogP contribution in [0.1, 0.15) is 0 Å². The molecule has 0 bridgehead atoms. The lowest BCUT2D eigenvalue weighted by Crippen LogP contribution is -2.13. The minimum absolute atomic E-state index is 0.0605. The zero-order valence-electron chi connectivity index (χ0n) is 11.0. The Bertz CT molecular complexity index is 678. The first kappa shape index (κ1) is 14.3. The summed E-state index contributed by atoms with van der Waals surface area (Å²) < 4.78 is 11.5. The van der Waals surface area contributed by atoms with Crippen LogP contribution in [0.4, 0.5) is 5.69 Å². The molecule has 6 heteroatoms. The van der Waals surface area contributed by atoms with Crippen molar-refractivity contribution in [3.05, 3.63) is 46.9 Å². The maximum Gasteiger partial charge on any atom is 0.234 e. The summed E-state index contributed by atoms with van der Waals surface area (Å²) in [5, 5.41) is 2.85. The van der Waals surface area contributed by atoms with Gasteiger partial charge in [-0.25, -0.2) is 0 Å². The van der Waals surface area contributed by atoms with Crippen LogP contribution in [0.25, 0.3) is 0 Å². The van der Waals surface area contributed by atoms with Gasteiger partial charge in [-0.15, -0.1) is 11.8 Å². The Morgan fingerprint density at radius 2 is 2.00 bits per heavy atom. The number of ether oxygens (including phenoxy) is 2. The molecule has 3 rings (SSSR count). The lowest BCUT2D eigenvalue weighted by atomic mass is 10.3. The maximum atomic E-state index is 12.0. The lowest BCUT2D eigenvalue weighted by Gasteiger charge is -2.07. The van der Waals surface area contributed by atoms with Crippen LogP contribution in [0.2, 0.25) is 0 Å². The highest BCUT2D eigenvalue weighted by Crippen LogP contribution is 2.34. The molecule has 1 amide bonds. The summed E-state index contributed by atoms with van der Waals surface area (Å²) in [6, 6.07) is 13.2. The number of carbonyl (C=O) groups is 1. The highest BCUT2D eigenvalue weighted by Gasteiger charge is 2.14. The van der Waals surface area contributed by atoms with Crippen LogP contribution in [0.5, 0.6) is 11.5 Å². The summed E-state index contributed by atoms with van der Waals surface area (Å²) in [5.74, 6) is 1.65. The topological polar surface area (TPSA) is 47.6 Å². The Balaban J connectivity index is 1.58. The zero-order valence-corrected chi connectivity index (χ0v) is 13.4. The quantitative estimate of drug-likeness (QED) is 0.834. The smallest absolute Gasteiger partial charge is 0.234 e. The van der Waals surface area contributed by atoms with E-state index in [-0.39, 0.29) is 12.7 Å². The normalized spacial score (nSPS) is 12.2. The predicted octanol–water partition coefficient (Wildman–Crippen LogP) is 3.91. The van der Waals surface area contributed by atoms with Gasteiger partial charge in [-0.05, 0) is 40.2 Å². The van der Waals surface area contributed by atoms with Crippen molar-refractivity contribution in [3.63, 3.8) is 0 Å². The molecule has 0 fully saturated rings. The highest BCUT2D eigenvalue weighted by atomic mass is 79.9. The van der Waals surface area contributed by atoms with E-state index < -0.39 is 0 Å². The number of halogens is 1. The first-order valence-electron chi connectivity index (χ1n) is 6.29. The fourth-order valence-electron chi connectivity index (χ4n) is 1.88. The summed E-state index contributed by atoms with van der Waals surface area (Å²) in [7, 11) is 0. The van der Waals surface area contributed by atoms with Crippen molar-refractivity contribution in [2.45, 2.75) is 4.90 Å². The summed E-state index contributed by atoms with van der Waals surface area (Å²) in [5.41, 5.74) is 0.706. The molecule has 1 aliphatic rings. The summed E-state index contributed by atoms with van der Waals surface area (Å²) >= 11 is 4.95. The minimum atomic E-state index is -0.0605. The van der Waals surface area contributed by atoms with E-state index in [1.54, 1.807) is 18.2 Å². The standard InChI is InChI=1S/C15H12BrNO3S/c16-11-3-1-2-4-14(11)21-8-15(18)17-10-5-6-12-13(7-10)20-9-19-12/h1-7H,8-9H2,(H,17,18). The second-order valence-electron chi connectivity index (χ2n) is 4.34. The number of fused-ring (bicyclic) bond motifs is 1. The van der Waals surface area contributed by atoms with Crippen molar-refractivity contribution in [1.82, 2.24) is 0 Å². The molecule has 0 aliphatic carbocycles. The van der Waals surface area contributed by atoms with E-state index in [9.17, 15) is 4.79 Å². The molecule has 1 heterocycles. The minimum Gasteiger partial charge on any atom is -0.454 e. The Morgan fingerprint density at radius 1 is 1.19 bits per heavy atom. The molecule has 2 aromatic carbocycles. The molecule has 0 saturated heterocycles. The molecular formula is C15H12BrNO3S. The predicted molar refractivity (Wildman–Crippen MR) is 86.1 cm³/mol. The van der Waals surface area contributed by atoms with Crippen molar-refractivity contribution < 1.29 is 14.3 Å². The first-order valence-corrected chi connectivity index (χ1v) is 8.07. The highest BCUT2D eigenvalue weighted by molar-refractivity contribution is 9.10. The molecule has 0 saturated carbocycles. The van der Waals surface area contributed by atoms with Crippen molar-refractivity contribution in [1.29, 1.82) is 0 Å². The van der Waals surface area contributed by atoms with Gasteiger partial charge in [0.05, 0.1) is 5.75 Å². The van der Waals surface area contributed by atoms with Crippen LogP contribution in [-0.4, -0.2) is 18.5 Å². The fraction of sp³-hybridized carbons (Fsp3) is 0.133. The van der Waals surface area contributed by atoms with Gasteiger partial charge >= 0.3 is 0 Å². The average molecular weight is 366 g/mol. The van der Waals surface area contributed by atoms with Crippen LogP contribution >= 0.6 is 27.7 Å². The molecule has 1 aliphatic heterocycles. The lowest BCUT2D eigenvalue weighted by molar-refractivity contribution is -0.113. The van der Waals surface area contributed by atoms with E-state index in [0.29, 0.717) is 22.9 Å². The average Bonchev–Trinajstić information content (AvgIpc) is 2.94. The third-order valence-corrected chi connectivity index (χ3v) is 4.88. The Kier molecular flexibility index (Phi) is 4.36. The Hall–Kier alpha value is -1.66. The van der Waals surface area contributed by atoms with Gasteiger partial charge in [-0.3, -0.25) is 4.79 Å². The summed E-state index contributed by atoms with van der Waals surface area (Å²) in [6.45, 7) is 0.227. The van der Waals surface area contributed by atoms with E-state index in [0.717, 1.165) is 9.37 Å². The van der Waals surface area contributed by atoms with Crippen molar-refractivity contribution in [3.8, 4) is 11.5 Å². The van der Waals surface area contributed by atoms with Gasteiger partial charge in [0, 0.05) is 21.1 Å². The van der Waals surface area contributed by atoms with E-state index >= 15 is 0 Å². The number of thioether (sulfide) groups is 1. The molecule has 0 atom stereocenters. The van der Waals surface area contributed by atoms with Crippen LogP contribution in [0.3, 0.4) is 0 Å². The number of hydrogen-bond donors (Lipinski definition) is 1. The first-order chi connectivity index (χ1) is 10.2. The third-order valence-electron chi connectivity index (χ3n) is 2.85. The van der Waals surface area contributed by atoms with Gasteiger partial charge in [-0.1, -0.05) is 12.1 Å². The van der Waals surface area contributed by atoms with E-state index in [4.69, 9.17) is 9.47 Å². The molecular weight excluding hydrogens is 354 g/mol. The number of hydrogen-bond acceptors (Lipinski definition) is 4. The molecule has 0 unspecified atom stereocenters. The van der Waals surface area contributed by atoms with Crippen molar-refractivity contribution in [2.24, 2.45) is 0 Å². The SMILES string of the molecule is O=C(CSc1ccccc1Br)Nc1ccc2c(c1)OCO2. The van der Waals surface area contributed by atoms with Gasteiger partial charge in [0.25, 0.3) is 0 Å². The van der Waals surface area contributed by atoms with Crippen LogP contribution in [0, 0.1) is 0 Å². The van der Waals surface area contributed by atoms with Crippen molar-refractivity contribution >= 4 is 39.3 Å². The molecule has 108 valence electrons. The second-order valence-corrected chi connectivity index (χ2v) is 6.21. The zero-order chi connectivity index (χ0) is 14.7. The Morgan fingerprint density at radius 3 is 2.86 bits per heavy atom. The largest absolute Gasteiger partial charge is 0.454 e. The van der Waals surface area contributed by atoms with E-state index in [1.807, 2.05) is 24.3 Å². The number of nitrogens with one attached hydrogen (secondary N) is 1. The van der Waals surface area contributed by atoms with Gasteiger partial charge in [0.2, 0.25) is 12.7 Å². The second kappa shape index (κ2) is 6.41. The monoisotopic (exact) mass is 365 g/mol. The molecule has 4 nitrogen and oxygen atoms in total. The molecule has 0 aromatic heterocycles. The molecule has 0 radical (unpaired) electrons. The van der Waals surface area contributed by atoms with E-state index in [1.165, 1.54) is 11.8 Å². The molecule has 1 N–H and O–H groups in total. The van der Waals surface area contributed by atoms with Gasteiger partial charge < -0.3 is 14.8 Å². The number of carbonyl (C=O) groups excluding carboxylic acids is 1. The van der Waals surface area contributed by atoms with Crippen LogP contribution in [-0.2, 0) is 4.79 Å². The fourth-order valence-corrected chi connectivity index (χ4v) is 3.24. The van der Waals surface area contributed by atoms with Gasteiger partial charge in [-0.2, -0.15) is 0 Å². The number of anilines is 1. The molecule has 21 heavy (non-hydrogen) atoms. The molecule has 2 aromatic rings. The number of rotatable bonds is 4. The third kappa shape index (κ3) is 3.51. The van der Waals surface area contributed by atoms with Crippen LogP contribution in [0.15, 0.2) is 51.8 Å². The van der Waals surface area contributed by atoms with Gasteiger partial charge in [0.15, 0.2) is 11.5 Å². The van der Waals surface area contributed by atoms with E-state index in [2.05, 4.69) is 21.2 Å². The Labute approximate surface area is 135 Å². The van der Waals surface area contributed by atoms with Crippen LogP contribution < -0.4 is 14.8 Å². The van der Waals surface area contributed by atoms with Crippen molar-refractivity contribution in [2.75, 3.05) is 17.9 Å². The van der Waals surface area contributed by atoms with Gasteiger partial charge in [0.1, 0.15) is 0 Å². The maximum absolute atomic E-state index is 12.0. The molecule has 0 spiro atoms.